The van der Waals surface area contributed by atoms with Crippen LogP contribution in [0.3, 0.4) is 0 Å². The molecular weight excluding hydrogens is 166 g/mol. The molecule has 0 amide bonds. The number of hydrogen-bond donors (Lipinski definition) is 2. The molecular formula is C6H11NO3S. The standard InChI is InChI=1S/C6H11NO3S/c1-2-3-11-4-5(7-10)6(8)9/h2-3,5H,4,7H2,1H3,(H,8,9)/t5-/m0/s1. The molecule has 0 unspecified atom stereocenters. The molecule has 0 saturated carbocycles. The molecule has 3 N–H and O–H groups in total. The van der Waals surface area contributed by atoms with Crippen LogP contribution >= 0.6 is 11.8 Å². The van der Waals surface area contributed by atoms with Gasteiger partial charge in [0.05, 0.1) is 5.75 Å². The molecule has 11 heavy (non-hydrogen) atoms. The van der Waals surface area contributed by atoms with E-state index in [1.165, 1.54) is 11.8 Å². The first kappa shape index (κ1) is 10.5. The molecule has 0 heterocycles. The third kappa shape index (κ3) is 4.83. The van der Waals surface area contributed by atoms with Crippen LogP contribution in [0.15, 0.2) is 11.5 Å². The van der Waals surface area contributed by atoms with Gasteiger partial charge in [0.25, 0.3) is 0 Å². The van der Waals surface area contributed by atoms with Gasteiger partial charge in [0.2, 0.25) is 0 Å². The van der Waals surface area contributed by atoms with Crippen LogP contribution in [0.1, 0.15) is 6.92 Å². The fourth-order valence-electron chi connectivity index (χ4n) is 0.424. The van der Waals surface area contributed by atoms with Crippen LogP contribution in [-0.4, -0.2) is 22.9 Å². The Labute approximate surface area is 69.3 Å². The maximum Gasteiger partial charge on any atom is 0.363 e. The van der Waals surface area contributed by atoms with Crippen LogP contribution in [0.4, 0.5) is 0 Å². The van der Waals surface area contributed by atoms with Crippen molar-refractivity contribution in [2.45, 2.75) is 13.0 Å². The molecule has 0 bridgehead atoms. The fourth-order valence-corrected chi connectivity index (χ4v) is 1.16. The number of nitrogens with two attached hydrogens (primary N) is 1. The van der Waals surface area contributed by atoms with Crippen LogP contribution in [0.5, 0.6) is 0 Å². The third-order valence-electron chi connectivity index (χ3n) is 0.990. The normalized spacial score (nSPS) is 13.6. The molecule has 0 rings (SSSR count). The molecule has 0 aliphatic carbocycles. The molecule has 64 valence electrons. The highest BCUT2D eigenvalue weighted by molar-refractivity contribution is 8.02. The molecule has 4 nitrogen and oxygen atoms in total. The Morgan fingerprint density at radius 2 is 2.55 bits per heavy atom. The Hall–Kier alpha value is -0.520. The maximum absolute atomic E-state index is 10.3. The molecule has 0 spiro atoms. The summed E-state index contributed by atoms with van der Waals surface area (Å²) in [5, 5.41) is 20.3. The lowest BCUT2D eigenvalue weighted by Crippen LogP contribution is -2.87. The molecule has 0 fully saturated rings. The summed E-state index contributed by atoms with van der Waals surface area (Å²) in [6.45, 7) is 1.84. The first-order chi connectivity index (χ1) is 5.22. The average molecular weight is 177 g/mol. The van der Waals surface area contributed by atoms with Crippen LogP contribution in [0.2, 0.25) is 0 Å². The number of carboxylic acid groups (broad SMARTS) is 1. The minimum atomic E-state index is -1.06. The molecule has 5 heteroatoms. The van der Waals surface area contributed by atoms with Crippen molar-refractivity contribution in [3.63, 3.8) is 0 Å². The number of allylic oxidation sites excluding steroid dienone is 1. The molecule has 0 aromatic rings. The van der Waals surface area contributed by atoms with E-state index in [-0.39, 0.29) is 0 Å². The highest BCUT2D eigenvalue weighted by atomic mass is 32.2. The van der Waals surface area contributed by atoms with Crippen LogP contribution in [0, 0.1) is 5.21 Å². The number of hydrogen-bond acceptors (Lipinski definition) is 3. The number of thioether (sulfide) groups is 1. The Balaban J connectivity index is 3.61. The minimum Gasteiger partial charge on any atom is -0.635 e. The number of rotatable bonds is 5. The van der Waals surface area contributed by atoms with E-state index in [0.717, 1.165) is 0 Å². The van der Waals surface area contributed by atoms with Gasteiger partial charge in [0, 0.05) is 0 Å². The van der Waals surface area contributed by atoms with Crippen molar-refractivity contribution in [3.8, 4) is 0 Å². The number of quaternary nitrogens is 1. The Morgan fingerprint density at radius 1 is 1.91 bits per heavy atom. The van der Waals surface area contributed by atoms with E-state index in [4.69, 9.17) is 5.11 Å². The largest absolute Gasteiger partial charge is 0.635 e. The van der Waals surface area contributed by atoms with Gasteiger partial charge in [-0.2, -0.15) is 0 Å². The summed E-state index contributed by atoms with van der Waals surface area (Å²) in [4.78, 5) is 10.3. The molecule has 0 aromatic carbocycles. The summed E-state index contributed by atoms with van der Waals surface area (Å²) in [5.41, 5.74) is 0.457. The predicted molar refractivity (Wildman–Crippen MR) is 44.0 cm³/mol. The van der Waals surface area contributed by atoms with E-state index < -0.39 is 12.0 Å². The molecule has 1 atom stereocenters. The predicted octanol–water partition coefficient (Wildman–Crippen LogP) is -0.232. The lowest BCUT2D eigenvalue weighted by molar-refractivity contribution is -0.610. The van der Waals surface area contributed by atoms with Gasteiger partial charge in [0.1, 0.15) is 0 Å². The summed E-state index contributed by atoms with van der Waals surface area (Å²) < 4.78 is 0. The molecule has 0 radical (unpaired) electrons. The zero-order chi connectivity index (χ0) is 8.69. The van der Waals surface area contributed by atoms with Crippen molar-refractivity contribution in [2.75, 3.05) is 5.75 Å². The second-order valence-electron chi connectivity index (χ2n) is 1.88. The summed E-state index contributed by atoms with van der Waals surface area (Å²) >= 11 is 1.32. The highest BCUT2D eigenvalue weighted by Crippen LogP contribution is 2.02. The number of carbonyl (C=O) groups is 1. The molecule has 0 aliphatic heterocycles. The lowest BCUT2D eigenvalue weighted by atomic mass is 10.4. The van der Waals surface area contributed by atoms with Crippen LogP contribution < -0.4 is 5.48 Å². The molecule has 0 aromatic heterocycles. The van der Waals surface area contributed by atoms with E-state index in [9.17, 15) is 10.0 Å². The summed E-state index contributed by atoms with van der Waals surface area (Å²) in [7, 11) is 0. The van der Waals surface area contributed by atoms with Gasteiger partial charge >= 0.3 is 5.97 Å². The van der Waals surface area contributed by atoms with Crippen molar-refractivity contribution in [3.05, 3.63) is 16.7 Å². The van der Waals surface area contributed by atoms with Crippen molar-refractivity contribution in [1.82, 2.24) is 0 Å². The summed E-state index contributed by atoms with van der Waals surface area (Å²) in [5.74, 6) is -0.750. The van der Waals surface area contributed by atoms with Gasteiger partial charge in [-0.05, 0) is 12.3 Å². The average Bonchev–Trinajstić information content (AvgIpc) is 1.97. The topological polar surface area (TPSA) is 77.0 Å². The Bertz CT molecular complexity index is 149. The van der Waals surface area contributed by atoms with Gasteiger partial charge < -0.3 is 15.8 Å². The molecule has 0 aliphatic rings. The zero-order valence-electron chi connectivity index (χ0n) is 6.19. The summed E-state index contributed by atoms with van der Waals surface area (Å²) in [6.07, 6.45) is 1.80. The van der Waals surface area contributed by atoms with Crippen molar-refractivity contribution >= 4 is 17.7 Å². The van der Waals surface area contributed by atoms with Gasteiger partial charge in [-0.15, -0.1) is 11.8 Å². The quantitative estimate of drug-likeness (QED) is 0.568. The van der Waals surface area contributed by atoms with E-state index in [2.05, 4.69) is 0 Å². The zero-order valence-corrected chi connectivity index (χ0v) is 7.00. The van der Waals surface area contributed by atoms with Crippen molar-refractivity contribution in [2.24, 2.45) is 0 Å². The molecule has 0 saturated heterocycles. The number of hydroxylamine groups is 1. The Kier molecular flexibility index (Phi) is 5.91. The maximum atomic E-state index is 10.3. The SMILES string of the molecule is CC=CSC[C@H]([NH2+][O-])C(=O)O. The van der Waals surface area contributed by atoms with Gasteiger partial charge in [-0.3, -0.25) is 0 Å². The van der Waals surface area contributed by atoms with Crippen molar-refractivity contribution in [1.29, 1.82) is 0 Å². The second-order valence-corrected chi connectivity index (χ2v) is 2.82. The van der Waals surface area contributed by atoms with Crippen molar-refractivity contribution < 1.29 is 15.4 Å². The minimum absolute atomic E-state index is 0.309. The van der Waals surface area contributed by atoms with Crippen LogP contribution in [-0.2, 0) is 4.79 Å². The fraction of sp³-hybridized carbons (Fsp3) is 0.500. The van der Waals surface area contributed by atoms with E-state index in [1.807, 2.05) is 6.92 Å². The first-order valence-corrected chi connectivity index (χ1v) is 4.18. The van der Waals surface area contributed by atoms with E-state index in [1.54, 1.807) is 11.5 Å². The van der Waals surface area contributed by atoms with E-state index in [0.29, 0.717) is 11.2 Å². The smallest absolute Gasteiger partial charge is 0.363 e. The van der Waals surface area contributed by atoms with Gasteiger partial charge in [-0.25, -0.2) is 4.79 Å². The van der Waals surface area contributed by atoms with Gasteiger partial charge in [-0.1, -0.05) is 6.08 Å². The van der Waals surface area contributed by atoms with E-state index >= 15 is 0 Å². The van der Waals surface area contributed by atoms with Crippen LogP contribution in [0.25, 0.3) is 0 Å². The lowest BCUT2D eigenvalue weighted by Gasteiger charge is -2.10. The van der Waals surface area contributed by atoms with Gasteiger partial charge in [0.15, 0.2) is 6.04 Å². The monoisotopic (exact) mass is 177 g/mol. The second kappa shape index (κ2) is 6.21. The third-order valence-corrected chi connectivity index (χ3v) is 2.01. The summed E-state index contributed by atoms with van der Waals surface area (Å²) in [6, 6.07) is -0.879. The first-order valence-electron chi connectivity index (χ1n) is 3.13. The number of carboxylic acids is 1. The Morgan fingerprint density at radius 3 is 2.91 bits per heavy atom. The highest BCUT2D eigenvalue weighted by Gasteiger charge is 2.15. The number of aliphatic carboxylic acids is 1.